The van der Waals surface area contributed by atoms with E-state index in [1.165, 1.54) is 11.3 Å². The van der Waals surface area contributed by atoms with Gasteiger partial charge in [0.1, 0.15) is 17.4 Å². The highest BCUT2D eigenvalue weighted by Gasteiger charge is 2.15. The molecule has 0 amide bonds. The molecular formula is C21H15N3O2S. The van der Waals surface area contributed by atoms with Crippen molar-refractivity contribution >= 4 is 33.8 Å². The molecule has 0 bridgehead atoms. The number of aromatic nitrogens is 2. The molecule has 0 atom stereocenters. The van der Waals surface area contributed by atoms with E-state index in [0.29, 0.717) is 23.8 Å². The summed E-state index contributed by atoms with van der Waals surface area (Å²) in [6.45, 7) is 2.46. The average molecular weight is 373 g/mol. The van der Waals surface area contributed by atoms with Gasteiger partial charge in [0, 0.05) is 5.56 Å². The first-order valence-corrected chi connectivity index (χ1v) is 9.32. The molecule has 0 radical (unpaired) electrons. The summed E-state index contributed by atoms with van der Waals surface area (Å²) >= 11 is 1.52. The quantitative estimate of drug-likeness (QED) is 0.437. The molecule has 4 rings (SSSR count). The number of nitrogens with zero attached hydrogens (tertiary/aromatic N) is 3. The fourth-order valence-electron chi connectivity index (χ4n) is 2.83. The van der Waals surface area contributed by atoms with Crippen molar-refractivity contribution in [2.45, 2.75) is 6.92 Å². The molecule has 2 aromatic heterocycles. The Labute approximate surface area is 160 Å². The van der Waals surface area contributed by atoms with Gasteiger partial charge in [0.15, 0.2) is 0 Å². The molecule has 0 aliphatic rings. The summed E-state index contributed by atoms with van der Waals surface area (Å²) in [4.78, 5) is 5.27. The summed E-state index contributed by atoms with van der Waals surface area (Å²) in [5.41, 5.74) is 1.12. The van der Waals surface area contributed by atoms with Gasteiger partial charge in [0.2, 0.25) is 5.82 Å². The third-order valence-corrected chi connectivity index (χ3v) is 4.90. The van der Waals surface area contributed by atoms with E-state index in [0.717, 1.165) is 21.2 Å². The predicted octanol–water partition coefficient (Wildman–Crippen LogP) is 5.41. The molecule has 0 saturated heterocycles. The highest BCUT2D eigenvalue weighted by molar-refractivity contribution is 7.13. The minimum Gasteiger partial charge on any atom is -0.493 e. The second-order valence-corrected chi connectivity index (χ2v) is 6.65. The molecule has 6 heteroatoms. The number of nitriles is 1. The zero-order valence-electron chi connectivity index (χ0n) is 14.5. The maximum atomic E-state index is 9.69. The standard InChI is InChI=1S/C21H15N3O2S/c1-2-25-18-10-9-14-6-3-4-7-16(14)17(18)12-15(13-22)21-23-20(24-26-21)19-8-5-11-27-19/h3-12H,2H2,1H3/b15-12+. The summed E-state index contributed by atoms with van der Waals surface area (Å²) in [7, 11) is 0. The Hall–Kier alpha value is -3.43. The minimum atomic E-state index is 0.191. The minimum absolute atomic E-state index is 0.191. The highest BCUT2D eigenvalue weighted by Crippen LogP contribution is 2.32. The van der Waals surface area contributed by atoms with Crippen LogP contribution in [0.25, 0.3) is 33.1 Å². The third kappa shape index (κ3) is 3.33. The van der Waals surface area contributed by atoms with E-state index in [1.54, 1.807) is 6.08 Å². The second kappa shape index (κ2) is 7.44. The summed E-state index contributed by atoms with van der Waals surface area (Å²) in [6.07, 6.45) is 1.75. The monoisotopic (exact) mass is 373 g/mol. The van der Waals surface area contributed by atoms with E-state index in [2.05, 4.69) is 16.2 Å². The van der Waals surface area contributed by atoms with Gasteiger partial charge < -0.3 is 9.26 Å². The molecular weight excluding hydrogens is 358 g/mol. The van der Waals surface area contributed by atoms with Gasteiger partial charge in [-0.2, -0.15) is 10.2 Å². The van der Waals surface area contributed by atoms with Crippen molar-refractivity contribution < 1.29 is 9.26 Å². The molecule has 0 spiro atoms. The molecule has 0 aliphatic heterocycles. The normalized spacial score (nSPS) is 11.5. The van der Waals surface area contributed by atoms with Gasteiger partial charge in [-0.05, 0) is 41.3 Å². The summed E-state index contributed by atoms with van der Waals surface area (Å²) in [5.74, 6) is 1.38. The van der Waals surface area contributed by atoms with Crippen molar-refractivity contribution in [2.75, 3.05) is 6.61 Å². The van der Waals surface area contributed by atoms with Crippen LogP contribution in [0.2, 0.25) is 0 Å². The van der Waals surface area contributed by atoms with E-state index in [-0.39, 0.29) is 5.89 Å². The maximum absolute atomic E-state index is 9.69. The van der Waals surface area contributed by atoms with Gasteiger partial charge in [-0.15, -0.1) is 11.3 Å². The van der Waals surface area contributed by atoms with E-state index in [1.807, 2.05) is 60.8 Å². The molecule has 0 fully saturated rings. The lowest BCUT2D eigenvalue weighted by molar-refractivity contribution is 0.340. The fourth-order valence-corrected chi connectivity index (χ4v) is 3.48. The van der Waals surface area contributed by atoms with Gasteiger partial charge in [-0.1, -0.05) is 41.6 Å². The molecule has 0 saturated carbocycles. The first-order valence-electron chi connectivity index (χ1n) is 8.44. The fraction of sp³-hybridized carbons (Fsp3) is 0.0952. The van der Waals surface area contributed by atoms with Gasteiger partial charge >= 0.3 is 0 Å². The topological polar surface area (TPSA) is 71.9 Å². The van der Waals surface area contributed by atoms with Crippen molar-refractivity contribution in [1.29, 1.82) is 5.26 Å². The Morgan fingerprint density at radius 2 is 2.11 bits per heavy atom. The van der Waals surface area contributed by atoms with Crippen LogP contribution in [0.5, 0.6) is 5.75 Å². The van der Waals surface area contributed by atoms with Crippen LogP contribution in [0.1, 0.15) is 18.4 Å². The smallest absolute Gasteiger partial charge is 0.268 e. The molecule has 4 aromatic rings. The molecule has 132 valence electrons. The third-order valence-electron chi connectivity index (χ3n) is 4.04. The van der Waals surface area contributed by atoms with Crippen LogP contribution in [0, 0.1) is 11.3 Å². The second-order valence-electron chi connectivity index (χ2n) is 5.70. The average Bonchev–Trinajstić information content (AvgIpc) is 3.39. The van der Waals surface area contributed by atoms with E-state index >= 15 is 0 Å². The zero-order valence-corrected chi connectivity index (χ0v) is 15.4. The van der Waals surface area contributed by atoms with Crippen molar-refractivity contribution in [2.24, 2.45) is 0 Å². The lowest BCUT2D eigenvalue weighted by atomic mass is 10.0. The van der Waals surface area contributed by atoms with Crippen molar-refractivity contribution in [3.05, 3.63) is 65.4 Å². The Kier molecular flexibility index (Phi) is 4.69. The van der Waals surface area contributed by atoms with Crippen LogP contribution in [0.3, 0.4) is 0 Å². The van der Waals surface area contributed by atoms with Gasteiger partial charge in [0.05, 0.1) is 11.5 Å². The molecule has 27 heavy (non-hydrogen) atoms. The van der Waals surface area contributed by atoms with Gasteiger partial charge in [-0.3, -0.25) is 0 Å². The van der Waals surface area contributed by atoms with Gasteiger partial charge in [0.25, 0.3) is 5.89 Å². The zero-order chi connectivity index (χ0) is 18.6. The van der Waals surface area contributed by atoms with Crippen LogP contribution in [-0.2, 0) is 0 Å². The van der Waals surface area contributed by atoms with E-state index in [4.69, 9.17) is 9.26 Å². The SMILES string of the molecule is CCOc1ccc2ccccc2c1/C=C(\C#N)c1nc(-c2cccs2)no1. The first kappa shape index (κ1) is 17.0. The lowest BCUT2D eigenvalue weighted by Crippen LogP contribution is -1.95. The summed E-state index contributed by atoms with van der Waals surface area (Å²) in [6, 6.07) is 17.9. The highest BCUT2D eigenvalue weighted by atomic mass is 32.1. The Morgan fingerprint density at radius 1 is 1.22 bits per heavy atom. The van der Waals surface area contributed by atoms with Gasteiger partial charge in [-0.25, -0.2) is 0 Å². The molecule has 5 nitrogen and oxygen atoms in total. The van der Waals surface area contributed by atoms with Crippen LogP contribution >= 0.6 is 11.3 Å². The largest absolute Gasteiger partial charge is 0.493 e. The number of fused-ring (bicyclic) bond motifs is 1. The predicted molar refractivity (Wildman–Crippen MR) is 106 cm³/mol. The molecule has 2 aromatic carbocycles. The molecule has 0 N–H and O–H groups in total. The van der Waals surface area contributed by atoms with Crippen molar-refractivity contribution in [3.63, 3.8) is 0 Å². The van der Waals surface area contributed by atoms with Crippen molar-refractivity contribution in [1.82, 2.24) is 10.1 Å². The van der Waals surface area contributed by atoms with Crippen LogP contribution in [0.4, 0.5) is 0 Å². The number of ether oxygens (including phenoxy) is 1. The number of hydrogen-bond acceptors (Lipinski definition) is 6. The Balaban J connectivity index is 1.84. The Bertz CT molecular complexity index is 1150. The van der Waals surface area contributed by atoms with Crippen LogP contribution in [-0.4, -0.2) is 16.7 Å². The molecule has 2 heterocycles. The Morgan fingerprint density at radius 3 is 2.89 bits per heavy atom. The van der Waals surface area contributed by atoms with Crippen molar-refractivity contribution in [3.8, 4) is 22.5 Å². The summed E-state index contributed by atoms with van der Waals surface area (Å²) < 4.78 is 11.1. The molecule has 0 unspecified atom stereocenters. The number of benzene rings is 2. The van der Waals surface area contributed by atoms with Crippen LogP contribution < -0.4 is 4.74 Å². The number of allylic oxidation sites excluding steroid dienone is 1. The maximum Gasteiger partial charge on any atom is 0.268 e. The summed E-state index contributed by atoms with van der Waals surface area (Å²) in [5, 5.41) is 17.7. The molecule has 0 aliphatic carbocycles. The lowest BCUT2D eigenvalue weighted by Gasteiger charge is -2.10. The van der Waals surface area contributed by atoms with Crippen LogP contribution in [0.15, 0.2) is 58.4 Å². The number of hydrogen-bond donors (Lipinski definition) is 0. The first-order chi connectivity index (χ1) is 13.3. The number of thiophene rings is 1. The van der Waals surface area contributed by atoms with E-state index in [9.17, 15) is 5.26 Å². The number of rotatable bonds is 5. The van der Waals surface area contributed by atoms with E-state index < -0.39 is 0 Å².